The lowest BCUT2D eigenvalue weighted by Crippen LogP contribution is -2.35. The molecule has 0 bridgehead atoms. The molecule has 0 spiro atoms. The average Bonchev–Trinajstić information content (AvgIpc) is 3.17. The molecule has 5 nitrogen and oxygen atoms in total. The number of amides is 2. The molecule has 1 aliphatic carbocycles. The van der Waals surface area contributed by atoms with E-state index in [2.05, 4.69) is 0 Å². The summed E-state index contributed by atoms with van der Waals surface area (Å²) < 4.78 is 0. The van der Waals surface area contributed by atoms with Crippen LogP contribution in [-0.2, 0) is 9.59 Å². The van der Waals surface area contributed by atoms with Crippen molar-refractivity contribution in [1.29, 1.82) is 0 Å². The molecule has 0 radical (unpaired) electrons. The Morgan fingerprint density at radius 2 is 2.10 bits per heavy atom. The number of rotatable bonds is 8. The molecule has 2 aliphatic rings. The van der Waals surface area contributed by atoms with E-state index in [1.807, 2.05) is 11.9 Å². The predicted molar refractivity (Wildman–Crippen MR) is 76.0 cm³/mol. The van der Waals surface area contributed by atoms with Crippen LogP contribution < -0.4 is 0 Å². The molecule has 1 aliphatic heterocycles. The van der Waals surface area contributed by atoms with Gasteiger partial charge in [0.2, 0.25) is 11.8 Å². The molecular formula is C15H26N2O3. The first kappa shape index (κ1) is 15.3. The first-order valence-electron chi connectivity index (χ1n) is 7.75. The molecule has 1 saturated carbocycles. The van der Waals surface area contributed by atoms with E-state index in [1.165, 1.54) is 12.8 Å². The molecule has 1 atom stereocenters. The zero-order valence-corrected chi connectivity index (χ0v) is 12.4. The van der Waals surface area contributed by atoms with Crippen molar-refractivity contribution < 1.29 is 14.7 Å². The Hall–Kier alpha value is -1.10. The van der Waals surface area contributed by atoms with Crippen molar-refractivity contribution >= 4 is 11.8 Å². The van der Waals surface area contributed by atoms with Crippen LogP contribution in [0, 0.1) is 11.8 Å². The van der Waals surface area contributed by atoms with Gasteiger partial charge in [0.1, 0.15) is 0 Å². The summed E-state index contributed by atoms with van der Waals surface area (Å²) in [5, 5.41) is 8.73. The van der Waals surface area contributed by atoms with Crippen LogP contribution in [0.25, 0.3) is 0 Å². The SMILES string of the molecule is CN(CCCCCO)C(=O)C1CC(=O)N(CC2CC2)C1. The predicted octanol–water partition coefficient (Wildman–Crippen LogP) is 0.866. The third-order valence-corrected chi connectivity index (χ3v) is 4.27. The number of hydrogen-bond donors (Lipinski definition) is 1. The number of carbonyl (C=O) groups is 2. The molecule has 2 fully saturated rings. The van der Waals surface area contributed by atoms with Crippen molar-refractivity contribution in [3.8, 4) is 0 Å². The highest BCUT2D eigenvalue weighted by molar-refractivity contribution is 5.89. The minimum atomic E-state index is -0.149. The molecule has 0 aromatic carbocycles. The second kappa shape index (κ2) is 7.07. The minimum absolute atomic E-state index is 0.0978. The second-order valence-electron chi connectivity index (χ2n) is 6.19. The summed E-state index contributed by atoms with van der Waals surface area (Å²) in [6.45, 7) is 2.38. The summed E-state index contributed by atoms with van der Waals surface area (Å²) in [5.74, 6) is 0.776. The maximum atomic E-state index is 12.3. The van der Waals surface area contributed by atoms with Crippen molar-refractivity contribution in [3.05, 3.63) is 0 Å². The van der Waals surface area contributed by atoms with E-state index < -0.39 is 0 Å². The van der Waals surface area contributed by atoms with Gasteiger partial charge in [0.25, 0.3) is 0 Å². The quantitative estimate of drug-likeness (QED) is 0.672. The normalized spacial score (nSPS) is 22.4. The summed E-state index contributed by atoms with van der Waals surface area (Å²) >= 11 is 0. The van der Waals surface area contributed by atoms with Gasteiger partial charge in [0.05, 0.1) is 5.92 Å². The molecule has 1 heterocycles. The Bertz CT molecular complexity index is 355. The zero-order valence-electron chi connectivity index (χ0n) is 12.4. The molecule has 114 valence electrons. The molecule has 0 aromatic heterocycles. The van der Waals surface area contributed by atoms with Crippen molar-refractivity contribution in [3.63, 3.8) is 0 Å². The van der Waals surface area contributed by atoms with Crippen LogP contribution in [0.2, 0.25) is 0 Å². The molecule has 20 heavy (non-hydrogen) atoms. The van der Waals surface area contributed by atoms with Crippen LogP contribution in [0.3, 0.4) is 0 Å². The maximum absolute atomic E-state index is 12.3. The van der Waals surface area contributed by atoms with Crippen LogP contribution in [0.4, 0.5) is 0 Å². The molecule has 2 rings (SSSR count). The highest BCUT2D eigenvalue weighted by Gasteiger charge is 2.37. The fourth-order valence-corrected chi connectivity index (χ4v) is 2.79. The number of hydrogen-bond acceptors (Lipinski definition) is 3. The van der Waals surface area contributed by atoms with Crippen molar-refractivity contribution in [2.45, 2.75) is 38.5 Å². The van der Waals surface area contributed by atoms with E-state index in [0.29, 0.717) is 25.4 Å². The lowest BCUT2D eigenvalue weighted by molar-refractivity contribution is -0.134. The summed E-state index contributed by atoms with van der Waals surface area (Å²) in [4.78, 5) is 27.8. The van der Waals surface area contributed by atoms with E-state index in [1.54, 1.807) is 4.90 Å². The van der Waals surface area contributed by atoms with Crippen molar-refractivity contribution in [1.82, 2.24) is 9.80 Å². The molecule has 1 saturated heterocycles. The Morgan fingerprint density at radius 1 is 1.35 bits per heavy atom. The number of nitrogens with zero attached hydrogens (tertiary/aromatic N) is 2. The highest BCUT2D eigenvalue weighted by atomic mass is 16.3. The summed E-state index contributed by atoms with van der Waals surface area (Å²) in [6.07, 6.45) is 5.48. The first-order valence-corrected chi connectivity index (χ1v) is 7.75. The number of aliphatic hydroxyl groups excluding tert-OH is 1. The molecule has 2 amide bonds. The van der Waals surface area contributed by atoms with E-state index in [4.69, 9.17) is 5.11 Å². The van der Waals surface area contributed by atoms with Crippen molar-refractivity contribution in [2.75, 3.05) is 33.3 Å². The van der Waals surface area contributed by atoms with Crippen LogP contribution in [-0.4, -0.2) is 60.0 Å². The molecular weight excluding hydrogens is 256 g/mol. The third kappa shape index (κ3) is 4.20. The highest BCUT2D eigenvalue weighted by Crippen LogP contribution is 2.32. The zero-order chi connectivity index (χ0) is 14.5. The number of likely N-dealkylation sites (tertiary alicyclic amines) is 1. The first-order chi connectivity index (χ1) is 9.61. The van der Waals surface area contributed by atoms with Gasteiger partial charge in [-0.1, -0.05) is 0 Å². The fraction of sp³-hybridized carbons (Fsp3) is 0.867. The lowest BCUT2D eigenvalue weighted by Gasteiger charge is -2.21. The maximum Gasteiger partial charge on any atom is 0.227 e. The summed E-state index contributed by atoms with van der Waals surface area (Å²) in [5.41, 5.74) is 0. The number of carbonyl (C=O) groups excluding carboxylic acids is 2. The summed E-state index contributed by atoms with van der Waals surface area (Å²) in [7, 11) is 1.81. The molecule has 5 heteroatoms. The van der Waals surface area contributed by atoms with E-state index in [9.17, 15) is 9.59 Å². The van der Waals surface area contributed by atoms with Gasteiger partial charge in [-0.3, -0.25) is 9.59 Å². The summed E-state index contributed by atoms with van der Waals surface area (Å²) in [6, 6.07) is 0. The van der Waals surface area contributed by atoms with Gasteiger partial charge >= 0.3 is 0 Å². The third-order valence-electron chi connectivity index (χ3n) is 4.27. The van der Waals surface area contributed by atoms with Crippen LogP contribution in [0.15, 0.2) is 0 Å². The van der Waals surface area contributed by atoms with Gasteiger partial charge in [-0.25, -0.2) is 0 Å². The fourth-order valence-electron chi connectivity index (χ4n) is 2.79. The van der Waals surface area contributed by atoms with Gasteiger partial charge in [-0.15, -0.1) is 0 Å². The standard InChI is InChI=1S/C15H26N2O3/c1-16(7-3-2-4-8-18)15(20)13-9-14(19)17(11-13)10-12-5-6-12/h12-13,18H,2-11H2,1H3. The molecule has 0 aromatic rings. The monoisotopic (exact) mass is 282 g/mol. The van der Waals surface area contributed by atoms with Gasteiger partial charge in [0, 0.05) is 39.7 Å². The smallest absolute Gasteiger partial charge is 0.227 e. The lowest BCUT2D eigenvalue weighted by atomic mass is 10.1. The van der Waals surface area contributed by atoms with Gasteiger partial charge in [0.15, 0.2) is 0 Å². The average molecular weight is 282 g/mol. The van der Waals surface area contributed by atoms with E-state index in [-0.39, 0.29) is 24.3 Å². The van der Waals surface area contributed by atoms with Crippen LogP contribution in [0.5, 0.6) is 0 Å². The second-order valence-corrected chi connectivity index (χ2v) is 6.19. The largest absolute Gasteiger partial charge is 0.396 e. The Balaban J connectivity index is 1.72. The Labute approximate surface area is 120 Å². The van der Waals surface area contributed by atoms with E-state index >= 15 is 0 Å². The Morgan fingerprint density at radius 3 is 2.75 bits per heavy atom. The Kier molecular flexibility index (Phi) is 5.40. The van der Waals surface area contributed by atoms with Gasteiger partial charge in [-0.05, 0) is 38.0 Å². The number of aliphatic hydroxyl groups is 1. The number of unbranched alkanes of at least 4 members (excludes halogenated alkanes) is 2. The molecule has 1 unspecified atom stereocenters. The van der Waals surface area contributed by atoms with E-state index in [0.717, 1.165) is 25.8 Å². The topological polar surface area (TPSA) is 60.9 Å². The van der Waals surface area contributed by atoms with Crippen LogP contribution in [0.1, 0.15) is 38.5 Å². The van der Waals surface area contributed by atoms with Gasteiger partial charge < -0.3 is 14.9 Å². The minimum Gasteiger partial charge on any atom is -0.396 e. The molecule has 1 N–H and O–H groups in total. The van der Waals surface area contributed by atoms with Gasteiger partial charge in [-0.2, -0.15) is 0 Å². The van der Waals surface area contributed by atoms with Crippen LogP contribution >= 0.6 is 0 Å². The van der Waals surface area contributed by atoms with Crippen molar-refractivity contribution in [2.24, 2.45) is 11.8 Å².